The van der Waals surface area contributed by atoms with Crippen molar-refractivity contribution < 1.29 is 14.7 Å². The molecule has 1 saturated heterocycles. The molecule has 0 radical (unpaired) electrons. The second kappa shape index (κ2) is 4.96. The number of nitrogens with one attached hydrogen (secondary N) is 1. The number of H-pyrrole nitrogens is 1. The minimum absolute atomic E-state index is 0.0338. The SMILES string of the molecule is O=C(O)CN1CCN(C(=O)c2cnc[nH]2)CC1. The molecule has 7 nitrogen and oxygen atoms in total. The first kappa shape index (κ1) is 11.6. The lowest BCUT2D eigenvalue weighted by atomic mass is 10.3. The number of hydrogen-bond acceptors (Lipinski definition) is 4. The Morgan fingerprint density at radius 2 is 2.06 bits per heavy atom. The molecule has 1 aromatic rings. The largest absolute Gasteiger partial charge is 0.480 e. The van der Waals surface area contributed by atoms with Gasteiger partial charge in [0.1, 0.15) is 5.69 Å². The Morgan fingerprint density at radius 3 is 2.59 bits per heavy atom. The Morgan fingerprint density at radius 1 is 1.35 bits per heavy atom. The summed E-state index contributed by atoms with van der Waals surface area (Å²) in [5, 5.41) is 8.66. The standard InChI is InChI=1S/C10H14N4O3/c15-9(16)6-13-1-3-14(4-2-13)10(17)8-5-11-7-12-8/h5,7H,1-4,6H2,(H,11,12)(H,15,16). The summed E-state index contributed by atoms with van der Waals surface area (Å²) in [6, 6.07) is 0. The van der Waals surface area contributed by atoms with E-state index in [4.69, 9.17) is 5.11 Å². The van der Waals surface area contributed by atoms with Crippen LogP contribution in [0.2, 0.25) is 0 Å². The molecule has 1 aliphatic heterocycles. The number of carboxylic acid groups (broad SMARTS) is 1. The van der Waals surface area contributed by atoms with Crippen molar-refractivity contribution in [1.82, 2.24) is 19.8 Å². The lowest BCUT2D eigenvalue weighted by molar-refractivity contribution is -0.138. The van der Waals surface area contributed by atoms with Gasteiger partial charge < -0.3 is 15.0 Å². The maximum absolute atomic E-state index is 11.9. The molecule has 17 heavy (non-hydrogen) atoms. The summed E-state index contributed by atoms with van der Waals surface area (Å²) in [7, 11) is 0. The van der Waals surface area contributed by atoms with Crippen LogP contribution in [0, 0.1) is 0 Å². The summed E-state index contributed by atoms with van der Waals surface area (Å²) < 4.78 is 0. The predicted octanol–water partition coefficient (Wildman–Crippen LogP) is -0.748. The van der Waals surface area contributed by atoms with E-state index in [9.17, 15) is 9.59 Å². The fourth-order valence-electron chi connectivity index (χ4n) is 1.84. The summed E-state index contributed by atoms with van der Waals surface area (Å²) in [6.45, 7) is 2.31. The van der Waals surface area contributed by atoms with Gasteiger partial charge in [-0.15, -0.1) is 0 Å². The number of carbonyl (C=O) groups is 2. The van der Waals surface area contributed by atoms with Crippen molar-refractivity contribution in [2.75, 3.05) is 32.7 Å². The minimum Gasteiger partial charge on any atom is -0.480 e. The number of hydrogen-bond donors (Lipinski definition) is 2. The van der Waals surface area contributed by atoms with E-state index in [1.807, 2.05) is 4.90 Å². The maximum atomic E-state index is 11.9. The highest BCUT2D eigenvalue weighted by Crippen LogP contribution is 2.06. The smallest absolute Gasteiger partial charge is 0.317 e. The van der Waals surface area contributed by atoms with Gasteiger partial charge in [-0.1, -0.05) is 0 Å². The van der Waals surface area contributed by atoms with Crippen LogP contribution in [0.15, 0.2) is 12.5 Å². The van der Waals surface area contributed by atoms with Gasteiger partial charge in [0.15, 0.2) is 0 Å². The van der Waals surface area contributed by atoms with Gasteiger partial charge in [0.2, 0.25) is 0 Å². The van der Waals surface area contributed by atoms with E-state index >= 15 is 0 Å². The quantitative estimate of drug-likeness (QED) is 0.723. The highest BCUT2D eigenvalue weighted by atomic mass is 16.4. The molecule has 0 saturated carbocycles. The number of carbonyl (C=O) groups excluding carboxylic acids is 1. The summed E-state index contributed by atoms with van der Waals surface area (Å²) in [5.41, 5.74) is 0.469. The molecule has 2 heterocycles. The number of rotatable bonds is 3. The van der Waals surface area contributed by atoms with Crippen LogP contribution in [0.4, 0.5) is 0 Å². The Hall–Kier alpha value is -1.89. The van der Waals surface area contributed by atoms with Crippen molar-refractivity contribution >= 4 is 11.9 Å². The number of aliphatic carboxylic acids is 1. The van der Waals surface area contributed by atoms with Crippen molar-refractivity contribution in [3.8, 4) is 0 Å². The molecule has 0 spiro atoms. The van der Waals surface area contributed by atoms with Gasteiger partial charge in [-0.25, -0.2) is 4.98 Å². The third-order valence-electron chi connectivity index (χ3n) is 2.75. The molecule has 1 aromatic heterocycles. The maximum Gasteiger partial charge on any atom is 0.317 e. The molecule has 7 heteroatoms. The molecular formula is C10H14N4O3. The normalized spacial score (nSPS) is 17.1. The Kier molecular flexibility index (Phi) is 3.38. The molecule has 0 unspecified atom stereocenters. The van der Waals surface area contributed by atoms with E-state index in [0.717, 1.165) is 0 Å². The summed E-state index contributed by atoms with van der Waals surface area (Å²) in [5.74, 6) is -0.921. The van der Waals surface area contributed by atoms with E-state index in [1.54, 1.807) is 4.90 Å². The van der Waals surface area contributed by atoms with Gasteiger partial charge in [-0.3, -0.25) is 14.5 Å². The molecule has 0 aliphatic carbocycles. The molecule has 92 valence electrons. The van der Waals surface area contributed by atoms with E-state index < -0.39 is 5.97 Å². The van der Waals surface area contributed by atoms with Crippen LogP contribution in [0.25, 0.3) is 0 Å². The first-order valence-electron chi connectivity index (χ1n) is 5.38. The first-order valence-corrected chi connectivity index (χ1v) is 5.38. The second-order valence-electron chi connectivity index (χ2n) is 3.93. The molecule has 2 rings (SSSR count). The molecular weight excluding hydrogens is 224 g/mol. The number of imidazole rings is 1. The van der Waals surface area contributed by atoms with Gasteiger partial charge in [0.25, 0.3) is 5.91 Å². The number of nitrogens with zero attached hydrogens (tertiary/aromatic N) is 3. The van der Waals surface area contributed by atoms with Crippen molar-refractivity contribution in [3.05, 3.63) is 18.2 Å². The van der Waals surface area contributed by atoms with Crippen LogP contribution in [0.3, 0.4) is 0 Å². The van der Waals surface area contributed by atoms with Gasteiger partial charge in [-0.2, -0.15) is 0 Å². The topological polar surface area (TPSA) is 89.5 Å². The van der Waals surface area contributed by atoms with E-state index in [-0.39, 0.29) is 12.5 Å². The third-order valence-corrected chi connectivity index (χ3v) is 2.75. The first-order chi connectivity index (χ1) is 8.16. The molecule has 1 fully saturated rings. The summed E-state index contributed by atoms with van der Waals surface area (Å²) >= 11 is 0. The number of carboxylic acids is 1. The third kappa shape index (κ3) is 2.82. The minimum atomic E-state index is -0.835. The highest BCUT2D eigenvalue weighted by molar-refractivity contribution is 5.92. The van der Waals surface area contributed by atoms with Gasteiger partial charge >= 0.3 is 5.97 Å². The van der Waals surface area contributed by atoms with Gasteiger partial charge in [0, 0.05) is 26.2 Å². The zero-order valence-corrected chi connectivity index (χ0v) is 9.30. The number of aromatic nitrogens is 2. The predicted molar refractivity (Wildman–Crippen MR) is 58.6 cm³/mol. The van der Waals surface area contributed by atoms with Gasteiger partial charge in [0.05, 0.1) is 19.1 Å². The highest BCUT2D eigenvalue weighted by Gasteiger charge is 2.23. The van der Waals surface area contributed by atoms with Crippen molar-refractivity contribution in [1.29, 1.82) is 0 Å². The fraction of sp³-hybridized carbons (Fsp3) is 0.500. The van der Waals surface area contributed by atoms with E-state index in [1.165, 1.54) is 12.5 Å². The average molecular weight is 238 g/mol. The molecule has 0 atom stereocenters. The summed E-state index contributed by atoms with van der Waals surface area (Å²) in [6.07, 6.45) is 2.96. The van der Waals surface area contributed by atoms with E-state index in [0.29, 0.717) is 31.9 Å². The van der Waals surface area contributed by atoms with Crippen LogP contribution < -0.4 is 0 Å². The van der Waals surface area contributed by atoms with Crippen LogP contribution in [-0.2, 0) is 4.79 Å². The average Bonchev–Trinajstić information content (AvgIpc) is 2.82. The van der Waals surface area contributed by atoms with Crippen molar-refractivity contribution in [2.24, 2.45) is 0 Å². The molecule has 0 bridgehead atoms. The zero-order chi connectivity index (χ0) is 12.3. The molecule has 2 N–H and O–H groups in total. The van der Waals surface area contributed by atoms with Crippen molar-refractivity contribution in [2.45, 2.75) is 0 Å². The fourth-order valence-corrected chi connectivity index (χ4v) is 1.84. The lowest BCUT2D eigenvalue weighted by Gasteiger charge is -2.33. The van der Waals surface area contributed by atoms with Crippen LogP contribution in [0.1, 0.15) is 10.5 Å². The van der Waals surface area contributed by atoms with Crippen LogP contribution in [0.5, 0.6) is 0 Å². The lowest BCUT2D eigenvalue weighted by Crippen LogP contribution is -2.49. The van der Waals surface area contributed by atoms with E-state index in [2.05, 4.69) is 9.97 Å². The van der Waals surface area contributed by atoms with Gasteiger partial charge in [-0.05, 0) is 0 Å². The molecule has 1 amide bonds. The van der Waals surface area contributed by atoms with Crippen LogP contribution in [-0.4, -0.2) is 69.5 Å². The number of piperazine rings is 1. The number of amides is 1. The monoisotopic (exact) mass is 238 g/mol. The molecule has 1 aliphatic rings. The second-order valence-corrected chi connectivity index (χ2v) is 3.93. The zero-order valence-electron chi connectivity index (χ0n) is 9.30. The number of aromatic amines is 1. The Labute approximate surface area is 98.0 Å². The molecule has 0 aromatic carbocycles. The summed E-state index contributed by atoms with van der Waals surface area (Å²) in [4.78, 5) is 32.5. The Balaban J connectivity index is 1.87. The Bertz CT molecular complexity index is 396. The van der Waals surface area contributed by atoms with Crippen LogP contribution >= 0.6 is 0 Å². The van der Waals surface area contributed by atoms with Crippen molar-refractivity contribution in [3.63, 3.8) is 0 Å².